The van der Waals surface area contributed by atoms with E-state index in [-0.39, 0.29) is 11.5 Å². The first kappa shape index (κ1) is 19.8. The summed E-state index contributed by atoms with van der Waals surface area (Å²) in [5.74, 6) is 2.04. The Hall–Kier alpha value is -3.53. The monoisotopic (exact) mass is 400 g/mol. The molecule has 0 unspecified atom stereocenters. The van der Waals surface area contributed by atoms with Crippen LogP contribution < -0.4 is 14.2 Å². The second-order valence-corrected chi connectivity index (χ2v) is 7.29. The van der Waals surface area contributed by atoms with E-state index in [1.165, 1.54) is 11.1 Å². The molecule has 0 spiro atoms. The Morgan fingerprint density at radius 2 is 1.80 bits per heavy atom. The van der Waals surface area contributed by atoms with E-state index in [9.17, 15) is 4.79 Å². The van der Waals surface area contributed by atoms with Crippen molar-refractivity contribution in [3.8, 4) is 17.2 Å². The van der Waals surface area contributed by atoms with Gasteiger partial charge in [-0.2, -0.15) is 0 Å². The number of Topliss-reactive ketones (excluding diaryl/α,β-unsaturated/α-hetero) is 1. The molecule has 30 heavy (non-hydrogen) atoms. The van der Waals surface area contributed by atoms with Crippen molar-refractivity contribution in [1.29, 1.82) is 0 Å². The number of para-hydroxylation sites is 1. The number of ether oxygens (including phenoxy) is 3. The lowest BCUT2D eigenvalue weighted by Gasteiger charge is -2.10. The Labute approximate surface area is 176 Å². The molecule has 3 aromatic carbocycles. The lowest BCUT2D eigenvalue weighted by atomic mass is 10.1. The minimum atomic E-state index is -0.141. The number of carbonyl (C=O) groups excluding carboxylic acids is 1. The van der Waals surface area contributed by atoms with Crippen LogP contribution in [0.15, 0.2) is 66.4 Å². The summed E-state index contributed by atoms with van der Waals surface area (Å²) in [7, 11) is 0. The highest BCUT2D eigenvalue weighted by atomic mass is 16.5. The Bertz CT molecular complexity index is 1130. The molecule has 0 bridgehead atoms. The van der Waals surface area contributed by atoms with Crippen molar-refractivity contribution in [2.45, 2.75) is 27.4 Å². The van der Waals surface area contributed by atoms with Gasteiger partial charge in [-0.15, -0.1) is 0 Å². The fourth-order valence-electron chi connectivity index (χ4n) is 3.40. The number of fused-ring (bicyclic) bond motifs is 1. The first-order valence-corrected chi connectivity index (χ1v) is 10.0. The van der Waals surface area contributed by atoms with Gasteiger partial charge < -0.3 is 14.2 Å². The number of benzene rings is 3. The van der Waals surface area contributed by atoms with Gasteiger partial charge in [0.05, 0.1) is 12.2 Å². The molecule has 0 saturated heterocycles. The summed E-state index contributed by atoms with van der Waals surface area (Å²) in [6, 6.07) is 19.2. The molecular weight excluding hydrogens is 376 g/mol. The molecule has 3 aromatic rings. The van der Waals surface area contributed by atoms with Gasteiger partial charge in [0.25, 0.3) is 0 Å². The van der Waals surface area contributed by atoms with Crippen LogP contribution >= 0.6 is 0 Å². The Morgan fingerprint density at radius 1 is 0.967 bits per heavy atom. The Morgan fingerprint density at radius 3 is 2.63 bits per heavy atom. The van der Waals surface area contributed by atoms with E-state index in [2.05, 4.69) is 32.0 Å². The van der Waals surface area contributed by atoms with Crippen molar-refractivity contribution in [3.05, 3.63) is 94.2 Å². The van der Waals surface area contributed by atoms with E-state index < -0.39 is 0 Å². The fourth-order valence-corrected chi connectivity index (χ4v) is 3.40. The van der Waals surface area contributed by atoms with Gasteiger partial charge in [0.15, 0.2) is 5.76 Å². The standard InChI is InChI=1S/C26H24O4/c1-4-28-23-8-6-5-7-19(23)14-25-26(27)22-12-11-21(15-24(22)30-25)29-16-20-13-17(2)9-10-18(20)3/h5-15H,4,16H2,1-3H3/b25-14-. The van der Waals surface area contributed by atoms with Gasteiger partial charge in [0.2, 0.25) is 5.78 Å². The van der Waals surface area contributed by atoms with E-state index in [0.717, 1.165) is 16.9 Å². The number of hydrogen-bond acceptors (Lipinski definition) is 4. The highest BCUT2D eigenvalue weighted by molar-refractivity contribution is 6.14. The summed E-state index contributed by atoms with van der Waals surface area (Å²) in [6.07, 6.45) is 1.73. The molecule has 0 radical (unpaired) electrons. The zero-order valence-electron chi connectivity index (χ0n) is 17.4. The molecule has 0 N–H and O–H groups in total. The van der Waals surface area contributed by atoms with E-state index in [4.69, 9.17) is 14.2 Å². The topological polar surface area (TPSA) is 44.8 Å². The van der Waals surface area contributed by atoms with Crippen LogP contribution in [-0.4, -0.2) is 12.4 Å². The highest BCUT2D eigenvalue weighted by Crippen LogP contribution is 2.36. The average molecular weight is 400 g/mol. The third kappa shape index (κ3) is 4.08. The largest absolute Gasteiger partial charge is 0.493 e. The van der Waals surface area contributed by atoms with Crippen LogP contribution in [0, 0.1) is 13.8 Å². The van der Waals surface area contributed by atoms with Crippen LogP contribution in [0.5, 0.6) is 17.2 Å². The van der Waals surface area contributed by atoms with Gasteiger partial charge >= 0.3 is 0 Å². The minimum absolute atomic E-state index is 0.141. The number of carbonyl (C=O) groups is 1. The quantitative estimate of drug-likeness (QED) is 0.484. The molecule has 1 heterocycles. The van der Waals surface area contributed by atoms with Crippen molar-refractivity contribution >= 4 is 11.9 Å². The Balaban J connectivity index is 1.53. The van der Waals surface area contributed by atoms with Gasteiger partial charge in [-0.3, -0.25) is 4.79 Å². The van der Waals surface area contributed by atoms with Crippen molar-refractivity contribution in [3.63, 3.8) is 0 Å². The maximum atomic E-state index is 12.8. The zero-order valence-corrected chi connectivity index (χ0v) is 17.4. The van der Waals surface area contributed by atoms with Gasteiger partial charge in [-0.25, -0.2) is 0 Å². The van der Waals surface area contributed by atoms with Gasteiger partial charge in [0.1, 0.15) is 23.9 Å². The van der Waals surface area contributed by atoms with Crippen LogP contribution in [0.1, 0.15) is 39.5 Å². The molecule has 1 aliphatic rings. The van der Waals surface area contributed by atoms with Gasteiger partial charge in [-0.1, -0.05) is 42.0 Å². The first-order valence-electron chi connectivity index (χ1n) is 10.0. The normalized spacial score (nSPS) is 13.8. The summed E-state index contributed by atoms with van der Waals surface area (Å²) in [5.41, 5.74) is 4.87. The maximum absolute atomic E-state index is 12.8. The average Bonchev–Trinajstić information content (AvgIpc) is 3.05. The van der Waals surface area contributed by atoms with Crippen molar-refractivity contribution in [1.82, 2.24) is 0 Å². The molecule has 4 rings (SSSR count). The number of ketones is 1. The molecule has 4 heteroatoms. The molecule has 0 aromatic heterocycles. The van der Waals surface area contributed by atoms with Crippen LogP contribution in [-0.2, 0) is 6.61 Å². The SMILES string of the molecule is CCOc1ccccc1/C=C1\Oc2cc(OCc3cc(C)ccc3C)ccc2C1=O. The molecule has 0 atom stereocenters. The van der Waals surface area contributed by atoms with Gasteiger partial charge in [0, 0.05) is 11.6 Å². The zero-order chi connectivity index (χ0) is 21.1. The first-order chi connectivity index (χ1) is 14.5. The van der Waals surface area contributed by atoms with E-state index >= 15 is 0 Å². The second kappa shape index (κ2) is 8.46. The summed E-state index contributed by atoms with van der Waals surface area (Å²) in [6.45, 7) is 7.08. The van der Waals surface area contributed by atoms with Crippen molar-refractivity contribution in [2.24, 2.45) is 0 Å². The van der Waals surface area contributed by atoms with E-state index in [1.54, 1.807) is 18.2 Å². The molecule has 1 aliphatic heterocycles. The molecule has 0 aliphatic carbocycles. The smallest absolute Gasteiger partial charge is 0.231 e. The predicted octanol–water partition coefficient (Wildman–Crippen LogP) is 5.90. The van der Waals surface area contributed by atoms with Crippen LogP contribution in [0.4, 0.5) is 0 Å². The van der Waals surface area contributed by atoms with Crippen LogP contribution in [0.3, 0.4) is 0 Å². The third-order valence-corrected chi connectivity index (χ3v) is 5.05. The summed E-state index contributed by atoms with van der Waals surface area (Å²) in [4.78, 5) is 12.8. The third-order valence-electron chi connectivity index (χ3n) is 5.05. The van der Waals surface area contributed by atoms with Crippen LogP contribution in [0.25, 0.3) is 6.08 Å². The molecule has 0 fully saturated rings. The molecule has 4 nitrogen and oxygen atoms in total. The second-order valence-electron chi connectivity index (χ2n) is 7.29. The van der Waals surface area contributed by atoms with E-state index in [0.29, 0.717) is 30.3 Å². The fraction of sp³-hybridized carbons (Fsp3) is 0.192. The lowest BCUT2D eigenvalue weighted by molar-refractivity contribution is 0.101. The summed E-state index contributed by atoms with van der Waals surface area (Å²) in [5, 5.41) is 0. The minimum Gasteiger partial charge on any atom is -0.493 e. The molecule has 152 valence electrons. The van der Waals surface area contributed by atoms with Crippen molar-refractivity contribution < 1.29 is 19.0 Å². The number of aryl methyl sites for hydroxylation is 2. The maximum Gasteiger partial charge on any atom is 0.231 e. The molecule has 0 amide bonds. The number of rotatable bonds is 6. The van der Waals surface area contributed by atoms with E-state index in [1.807, 2.05) is 37.3 Å². The Kier molecular flexibility index (Phi) is 5.57. The van der Waals surface area contributed by atoms with Crippen LogP contribution in [0.2, 0.25) is 0 Å². The lowest BCUT2D eigenvalue weighted by Crippen LogP contribution is -1.99. The summed E-state index contributed by atoms with van der Waals surface area (Å²) < 4.78 is 17.5. The molecular formula is C26H24O4. The highest BCUT2D eigenvalue weighted by Gasteiger charge is 2.28. The number of hydrogen-bond donors (Lipinski definition) is 0. The molecule has 0 saturated carbocycles. The number of allylic oxidation sites excluding steroid dienone is 1. The summed E-state index contributed by atoms with van der Waals surface area (Å²) >= 11 is 0. The van der Waals surface area contributed by atoms with Gasteiger partial charge in [-0.05, 0) is 56.2 Å². The predicted molar refractivity (Wildman–Crippen MR) is 117 cm³/mol. The van der Waals surface area contributed by atoms with Crippen molar-refractivity contribution in [2.75, 3.05) is 6.61 Å².